The lowest BCUT2D eigenvalue weighted by Gasteiger charge is -1.94. The first kappa shape index (κ1) is 12.2. The smallest absolute Gasteiger partial charge is 0.401 e. The molecule has 0 aliphatic carbocycles. The van der Waals surface area contributed by atoms with Crippen LogP contribution < -0.4 is 0 Å². The SMILES string of the molecule is N#C/C(=C/c1ccc([N+](=O)[O-])o1)CO[N+](=O)[O-]. The number of hydrogen-bond acceptors (Lipinski definition) is 7. The first-order valence-corrected chi connectivity index (χ1v) is 4.15. The van der Waals surface area contributed by atoms with E-state index in [4.69, 9.17) is 9.68 Å². The fraction of sp³-hybridized carbons (Fsp3) is 0.125. The first-order valence-electron chi connectivity index (χ1n) is 4.15. The lowest BCUT2D eigenvalue weighted by molar-refractivity contribution is -0.755. The largest absolute Gasteiger partial charge is 0.433 e. The van der Waals surface area contributed by atoms with Crippen molar-refractivity contribution in [2.75, 3.05) is 6.61 Å². The third-order valence-corrected chi connectivity index (χ3v) is 1.58. The summed E-state index contributed by atoms with van der Waals surface area (Å²) in [4.78, 5) is 23.4. The molecule has 0 atom stereocenters. The highest BCUT2D eigenvalue weighted by molar-refractivity contribution is 5.53. The van der Waals surface area contributed by atoms with Gasteiger partial charge in [-0.2, -0.15) is 5.26 Å². The van der Waals surface area contributed by atoms with Crippen molar-refractivity contribution in [1.82, 2.24) is 0 Å². The normalized spacial score (nSPS) is 10.6. The van der Waals surface area contributed by atoms with E-state index >= 15 is 0 Å². The Labute approximate surface area is 93.8 Å². The van der Waals surface area contributed by atoms with E-state index in [1.807, 2.05) is 0 Å². The summed E-state index contributed by atoms with van der Waals surface area (Å²) >= 11 is 0. The van der Waals surface area contributed by atoms with Gasteiger partial charge in [0.1, 0.15) is 17.3 Å². The summed E-state index contributed by atoms with van der Waals surface area (Å²) in [5, 5.41) is 27.8. The molecule has 1 heterocycles. The minimum atomic E-state index is -1.05. The Hall–Kier alpha value is -2.89. The zero-order valence-corrected chi connectivity index (χ0v) is 8.23. The molecule has 17 heavy (non-hydrogen) atoms. The van der Waals surface area contributed by atoms with E-state index in [1.54, 1.807) is 6.07 Å². The maximum atomic E-state index is 10.3. The average molecular weight is 239 g/mol. The van der Waals surface area contributed by atoms with Crippen LogP contribution >= 0.6 is 0 Å². The van der Waals surface area contributed by atoms with Gasteiger partial charge in [0, 0.05) is 0 Å². The molecule has 9 heteroatoms. The predicted octanol–water partition coefficient (Wildman–Crippen LogP) is 1.30. The third kappa shape index (κ3) is 3.63. The summed E-state index contributed by atoms with van der Waals surface area (Å²) in [5.74, 6) is -0.441. The quantitative estimate of drug-likeness (QED) is 0.429. The molecule has 1 aromatic rings. The average Bonchev–Trinajstić information content (AvgIpc) is 2.72. The van der Waals surface area contributed by atoms with Crippen LogP contribution in [0.25, 0.3) is 6.08 Å². The van der Waals surface area contributed by atoms with Crippen molar-refractivity contribution < 1.29 is 19.3 Å². The first-order chi connectivity index (χ1) is 8.02. The molecule has 88 valence electrons. The van der Waals surface area contributed by atoms with Gasteiger partial charge in [-0.15, -0.1) is 10.1 Å². The predicted molar refractivity (Wildman–Crippen MR) is 51.9 cm³/mol. The Morgan fingerprint density at radius 3 is 2.71 bits per heavy atom. The molecule has 0 N–H and O–H groups in total. The number of rotatable bonds is 5. The second kappa shape index (κ2) is 5.26. The Bertz CT molecular complexity index is 512. The molecular formula is C8H5N3O6. The van der Waals surface area contributed by atoms with Gasteiger partial charge in [0.25, 0.3) is 5.09 Å². The molecule has 0 bridgehead atoms. The van der Waals surface area contributed by atoms with Crippen molar-refractivity contribution in [3.63, 3.8) is 0 Å². The van der Waals surface area contributed by atoms with Crippen molar-refractivity contribution in [2.24, 2.45) is 0 Å². The van der Waals surface area contributed by atoms with Crippen LogP contribution in [-0.4, -0.2) is 16.6 Å². The van der Waals surface area contributed by atoms with E-state index < -0.39 is 22.5 Å². The molecule has 0 aromatic carbocycles. The van der Waals surface area contributed by atoms with Gasteiger partial charge in [-0.1, -0.05) is 0 Å². The van der Waals surface area contributed by atoms with E-state index in [0.29, 0.717) is 0 Å². The summed E-state index contributed by atoms with van der Waals surface area (Å²) < 4.78 is 4.73. The van der Waals surface area contributed by atoms with Crippen LogP contribution in [0.1, 0.15) is 5.76 Å². The van der Waals surface area contributed by atoms with Crippen molar-refractivity contribution in [3.8, 4) is 6.07 Å². The lowest BCUT2D eigenvalue weighted by atomic mass is 10.2. The molecule has 1 rings (SSSR count). The summed E-state index contributed by atoms with van der Waals surface area (Å²) in [7, 11) is 0. The van der Waals surface area contributed by atoms with Gasteiger partial charge in [-0.25, -0.2) is 0 Å². The fourth-order valence-electron chi connectivity index (χ4n) is 0.918. The van der Waals surface area contributed by atoms with Crippen LogP contribution in [-0.2, 0) is 4.84 Å². The van der Waals surface area contributed by atoms with E-state index in [-0.39, 0.29) is 11.3 Å². The van der Waals surface area contributed by atoms with Crippen LogP contribution in [0.4, 0.5) is 5.88 Å². The molecule has 0 radical (unpaired) electrons. The van der Waals surface area contributed by atoms with Crippen molar-refractivity contribution in [3.05, 3.63) is 43.7 Å². The molecule has 0 unspecified atom stereocenters. The monoisotopic (exact) mass is 239 g/mol. The molecule has 0 amide bonds. The maximum Gasteiger partial charge on any atom is 0.433 e. The highest BCUT2D eigenvalue weighted by Crippen LogP contribution is 2.17. The van der Waals surface area contributed by atoms with Crippen LogP contribution in [0.5, 0.6) is 0 Å². The molecule has 1 aromatic heterocycles. The number of nitriles is 1. The molecule has 0 spiro atoms. The molecule has 0 fully saturated rings. The highest BCUT2D eigenvalue weighted by Gasteiger charge is 2.11. The van der Waals surface area contributed by atoms with Crippen LogP contribution in [0, 0.1) is 31.6 Å². The fourth-order valence-corrected chi connectivity index (χ4v) is 0.918. The summed E-state index contributed by atoms with van der Waals surface area (Å²) in [6, 6.07) is 4.02. The van der Waals surface area contributed by atoms with Crippen LogP contribution in [0.15, 0.2) is 22.1 Å². The Kier molecular flexibility index (Phi) is 3.77. The Morgan fingerprint density at radius 2 is 2.24 bits per heavy atom. The molecule has 9 nitrogen and oxygen atoms in total. The van der Waals surface area contributed by atoms with E-state index in [2.05, 4.69) is 4.84 Å². The summed E-state index contributed by atoms with van der Waals surface area (Å²) in [6.45, 7) is -0.544. The van der Waals surface area contributed by atoms with E-state index in [9.17, 15) is 20.2 Å². The van der Waals surface area contributed by atoms with Crippen molar-refractivity contribution >= 4 is 12.0 Å². The van der Waals surface area contributed by atoms with Crippen molar-refractivity contribution in [2.45, 2.75) is 0 Å². The van der Waals surface area contributed by atoms with Gasteiger partial charge in [0.05, 0.1) is 17.7 Å². The summed E-state index contributed by atoms with van der Waals surface area (Å²) in [6.07, 6.45) is 1.12. The van der Waals surface area contributed by atoms with Gasteiger partial charge in [0.2, 0.25) is 0 Å². The van der Waals surface area contributed by atoms with Crippen molar-refractivity contribution in [1.29, 1.82) is 5.26 Å². The highest BCUT2D eigenvalue weighted by atomic mass is 16.9. The third-order valence-electron chi connectivity index (χ3n) is 1.58. The topological polar surface area (TPSA) is 132 Å². The second-order valence-electron chi connectivity index (χ2n) is 2.71. The number of furan rings is 1. The Balaban J connectivity index is 2.80. The summed E-state index contributed by atoms with van der Waals surface area (Å²) in [5.41, 5.74) is -0.0917. The van der Waals surface area contributed by atoms with Crippen LogP contribution in [0.3, 0.4) is 0 Å². The van der Waals surface area contributed by atoms with Gasteiger partial charge < -0.3 is 9.25 Å². The molecule has 0 aliphatic rings. The van der Waals surface area contributed by atoms with E-state index in [0.717, 1.165) is 12.1 Å². The number of hydrogen-bond donors (Lipinski definition) is 0. The minimum absolute atomic E-state index is 0.0418. The van der Waals surface area contributed by atoms with E-state index in [1.165, 1.54) is 6.07 Å². The van der Waals surface area contributed by atoms with Gasteiger partial charge >= 0.3 is 5.88 Å². The maximum absolute atomic E-state index is 10.3. The molecule has 0 aliphatic heterocycles. The van der Waals surface area contributed by atoms with Gasteiger partial charge in [0.15, 0.2) is 0 Å². The standard InChI is InChI=1S/C8H5N3O6/c9-4-6(5-16-11(14)15)3-7-1-2-8(17-7)10(12)13/h1-3H,5H2/b6-3-. The molecule has 0 saturated heterocycles. The Morgan fingerprint density at radius 1 is 1.53 bits per heavy atom. The van der Waals surface area contributed by atoms with Gasteiger partial charge in [-0.3, -0.25) is 10.1 Å². The molecular weight excluding hydrogens is 234 g/mol. The van der Waals surface area contributed by atoms with Gasteiger partial charge in [-0.05, 0) is 12.1 Å². The zero-order valence-electron chi connectivity index (χ0n) is 8.23. The minimum Gasteiger partial charge on any atom is -0.401 e. The lowest BCUT2D eigenvalue weighted by Crippen LogP contribution is -2.03. The van der Waals surface area contributed by atoms with Crippen LogP contribution in [0.2, 0.25) is 0 Å². The number of nitro groups is 1. The second-order valence-corrected chi connectivity index (χ2v) is 2.71. The zero-order chi connectivity index (χ0) is 12.8. The number of nitrogens with zero attached hydrogens (tertiary/aromatic N) is 3. The molecule has 0 saturated carbocycles.